The zero-order chi connectivity index (χ0) is 19.5. The van der Waals surface area contributed by atoms with Crippen molar-refractivity contribution in [1.82, 2.24) is 15.1 Å². The number of aliphatic hydroxyl groups is 1. The molecule has 0 radical (unpaired) electrons. The number of carbonyl (C=O) groups is 2. The van der Waals surface area contributed by atoms with Crippen LogP contribution < -0.4 is 5.32 Å². The van der Waals surface area contributed by atoms with Crippen molar-refractivity contribution in [1.29, 1.82) is 0 Å². The first-order valence-corrected chi connectivity index (χ1v) is 8.22. The maximum absolute atomic E-state index is 10.0. The third kappa shape index (κ3) is 7.91. The quantitative estimate of drug-likeness (QED) is 0.432. The maximum atomic E-state index is 10.0. The van der Waals surface area contributed by atoms with Crippen LogP contribution >= 0.6 is 0 Å². The highest BCUT2D eigenvalue weighted by molar-refractivity contribution is 6.27. The van der Waals surface area contributed by atoms with Crippen molar-refractivity contribution in [2.75, 3.05) is 13.1 Å². The van der Waals surface area contributed by atoms with E-state index >= 15 is 0 Å². The number of aromatic nitrogens is 2. The molecule has 1 unspecified atom stereocenters. The van der Waals surface area contributed by atoms with E-state index < -0.39 is 18.0 Å². The van der Waals surface area contributed by atoms with Crippen LogP contribution in [0.5, 0.6) is 0 Å². The van der Waals surface area contributed by atoms with Crippen molar-refractivity contribution >= 4 is 11.9 Å². The van der Waals surface area contributed by atoms with Crippen molar-refractivity contribution in [3.63, 3.8) is 0 Å². The standard InChI is InChI=1S/C16H23N3O.C2H2O4/c1-13-11-14(2)19(18-13)10-6-9-17-12-16(20)15-7-4-3-5-8-15;3-1(4)2(5)6/h3-5,7-8,11,16-17,20H,6,9-10,12H2,1-2H3;(H,3,4)(H,5,6). The van der Waals surface area contributed by atoms with Gasteiger partial charge in [0.25, 0.3) is 0 Å². The molecule has 2 aromatic rings. The van der Waals surface area contributed by atoms with E-state index in [2.05, 4.69) is 23.4 Å². The lowest BCUT2D eigenvalue weighted by Gasteiger charge is -2.12. The normalized spacial score (nSPS) is 11.3. The molecule has 8 heteroatoms. The third-order valence-corrected chi connectivity index (χ3v) is 3.53. The Balaban J connectivity index is 0.000000487. The van der Waals surface area contributed by atoms with Gasteiger partial charge in [-0.1, -0.05) is 30.3 Å². The van der Waals surface area contributed by atoms with E-state index in [4.69, 9.17) is 19.8 Å². The van der Waals surface area contributed by atoms with Crippen LogP contribution in [-0.2, 0) is 16.1 Å². The number of hydrogen-bond acceptors (Lipinski definition) is 5. The molecule has 1 heterocycles. The lowest BCUT2D eigenvalue weighted by Crippen LogP contribution is -2.23. The molecule has 0 aliphatic carbocycles. The molecule has 2 rings (SSSR count). The van der Waals surface area contributed by atoms with Gasteiger partial charge in [-0.25, -0.2) is 9.59 Å². The third-order valence-electron chi connectivity index (χ3n) is 3.53. The van der Waals surface area contributed by atoms with Gasteiger partial charge in [0.1, 0.15) is 0 Å². The van der Waals surface area contributed by atoms with Crippen LogP contribution in [0, 0.1) is 13.8 Å². The lowest BCUT2D eigenvalue weighted by molar-refractivity contribution is -0.159. The number of hydrogen-bond donors (Lipinski definition) is 4. The van der Waals surface area contributed by atoms with E-state index in [1.54, 1.807) is 0 Å². The van der Waals surface area contributed by atoms with Gasteiger partial charge in [-0.05, 0) is 38.4 Å². The Kier molecular flexibility index (Phi) is 9.04. The van der Waals surface area contributed by atoms with E-state index in [9.17, 15) is 5.11 Å². The Bertz CT molecular complexity index is 688. The minimum Gasteiger partial charge on any atom is -0.473 e. The highest BCUT2D eigenvalue weighted by Crippen LogP contribution is 2.10. The molecule has 0 bridgehead atoms. The van der Waals surface area contributed by atoms with Gasteiger partial charge in [-0.3, -0.25) is 4.68 Å². The molecule has 1 aromatic carbocycles. The van der Waals surface area contributed by atoms with E-state index in [0.29, 0.717) is 6.54 Å². The average molecular weight is 363 g/mol. The van der Waals surface area contributed by atoms with E-state index in [1.165, 1.54) is 5.69 Å². The van der Waals surface area contributed by atoms with Crippen molar-refractivity contribution in [3.8, 4) is 0 Å². The minimum absolute atomic E-state index is 0.440. The summed E-state index contributed by atoms with van der Waals surface area (Å²) in [7, 11) is 0. The molecule has 0 fully saturated rings. The first-order chi connectivity index (χ1) is 12.3. The molecule has 0 aliphatic rings. The largest absolute Gasteiger partial charge is 0.473 e. The fourth-order valence-corrected chi connectivity index (χ4v) is 2.29. The number of aryl methyl sites for hydroxylation is 3. The summed E-state index contributed by atoms with van der Waals surface area (Å²) < 4.78 is 2.03. The average Bonchev–Trinajstić information content (AvgIpc) is 2.93. The summed E-state index contributed by atoms with van der Waals surface area (Å²) in [5.41, 5.74) is 3.22. The minimum atomic E-state index is -1.82. The zero-order valence-electron chi connectivity index (χ0n) is 14.9. The summed E-state index contributed by atoms with van der Waals surface area (Å²) in [6.45, 7) is 6.46. The van der Waals surface area contributed by atoms with Crippen LogP contribution in [0.1, 0.15) is 29.5 Å². The smallest absolute Gasteiger partial charge is 0.414 e. The van der Waals surface area contributed by atoms with Crippen molar-refractivity contribution in [3.05, 3.63) is 53.3 Å². The highest BCUT2D eigenvalue weighted by Gasteiger charge is 2.06. The second-order valence-electron chi connectivity index (χ2n) is 5.74. The highest BCUT2D eigenvalue weighted by atomic mass is 16.4. The molecule has 4 N–H and O–H groups in total. The molecule has 0 amide bonds. The fraction of sp³-hybridized carbons (Fsp3) is 0.389. The Morgan fingerprint density at radius 3 is 2.27 bits per heavy atom. The van der Waals surface area contributed by atoms with Crippen LogP contribution in [0.4, 0.5) is 0 Å². The van der Waals surface area contributed by atoms with Gasteiger partial charge in [-0.2, -0.15) is 5.10 Å². The van der Waals surface area contributed by atoms with Gasteiger partial charge in [0.2, 0.25) is 0 Å². The van der Waals surface area contributed by atoms with Crippen LogP contribution in [0.2, 0.25) is 0 Å². The summed E-state index contributed by atoms with van der Waals surface area (Å²) in [6, 6.07) is 11.8. The predicted molar refractivity (Wildman–Crippen MR) is 95.9 cm³/mol. The number of aliphatic carboxylic acids is 2. The molecule has 1 atom stereocenters. The Hall–Kier alpha value is -2.71. The Labute approximate surface area is 152 Å². The summed E-state index contributed by atoms with van der Waals surface area (Å²) in [5.74, 6) is -3.65. The topological polar surface area (TPSA) is 125 Å². The van der Waals surface area contributed by atoms with Gasteiger partial charge >= 0.3 is 11.9 Å². The number of rotatable bonds is 7. The zero-order valence-corrected chi connectivity index (χ0v) is 14.9. The van der Waals surface area contributed by atoms with Crippen LogP contribution in [0.25, 0.3) is 0 Å². The molecule has 1 aromatic heterocycles. The number of nitrogens with one attached hydrogen (secondary N) is 1. The molecule has 0 saturated carbocycles. The first-order valence-electron chi connectivity index (χ1n) is 8.22. The second kappa shape index (κ2) is 11.0. The van der Waals surface area contributed by atoms with E-state index in [-0.39, 0.29) is 0 Å². The Morgan fingerprint density at radius 2 is 1.77 bits per heavy atom. The molecule has 142 valence electrons. The van der Waals surface area contributed by atoms with Crippen LogP contribution in [-0.4, -0.2) is 50.1 Å². The Morgan fingerprint density at radius 1 is 1.15 bits per heavy atom. The molecule has 0 saturated heterocycles. The molecule has 26 heavy (non-hydrogen) atoms. The lowest BCUT2D eigenvalue weighted by atomic mass is 10.1. The number of carboxylic acids is 2. The number of aliphatic hydroxyl groups excluding tert-OH is 1. The summed E-state index contributed by atoms with van der Waals surface area (Å²) in [6.07, 6.45) is 0.564. The second-order valence-corrected chi connectivity index (χ2v) is 5.74. The van der Waals surface area contributed by atoms with E-state index in [0.717, 1.165) is 30.8 Å². The fourth-order valence-electron chi connectivity index (χ4n) is 2.29. The SMILES string of the molecule is Cc1cc(C)n(CCCNCC(O)c2ccccc2)n1.O=C(O)C(=O)O. The van der Waals surface area contributed by atoms with Crippen LogP contribution in [0.15, 0.2) is 36.4 Å². The van der Waals surface area contributed by atoms with Crippen molar-refractivity contribution < 1.29 is 24.9 Å². The molecular weight excluding hydrogens is 338 g/mol. The number of benzene rings is 1. The van der Waals surface area contributed by atoms with Gasteiger partial charge in [0, 0.05) is 18.8 Å². The van der Waals surface area contributed by atoms with Crippen molar-refractivity contribution in [2.24, 2.45) is 0 Å². The van der Waals surface area contributed by atoms with Gasteiger partial charge in [-0.15, -0.1) is 0 Å². The monoisotopic (exact) mass is 363 g/mol. The number of nitrogens with zero attached hydrogens (tertiary/aromatic N) is 2. The summed E-state index contributed by atoms with van der Waals surface area (Å²) >= 11 is 0. The summed E-state index contributed by atoms with van der Waals surface area (Å²) in [5, 5.41) is 32.5. The molecule has 0 aliphatic heterocycles. The van der Waals surface area contributed by atoms with Crippen molar-refractivity contribution in [2.45, 2.75) is 32.9 Å². The summed E-state index contributed by atoms with van der Waals surface area (Å²) in [4.78, 5) is 18.2. The van der Waals surface area contributed by atoms with Gasteiger partial charge in [0.15, 0.2) is 0 Å². The van der Waals surface area contributed by atoms with Gasteiger partial charge in [0.05, 0.1) is 11.8 Å². The van der Waals surface area contributed by atoms with E-state index in [1.807, 2.05) is 41.9 Å². The van der Waals surface area contributed by atoms with Crippen LogP contribution in [0.3, 0.4) is 0 Å². The number of carboxylic acid groups (broad SMARTS) is 2. The predicted octanol–water partition coefficient (Wildman–Crippen LogP) is 1.37. The molecule has 0 spiro atoms. The molecular formula is C18H25N3O5. The molecule has 8 nitrogen and oxygen atoms in total. The van der Waals surface area contributed by atoms with Gasteiger partial charge < -0.3 is 20.6 Å². The first kappa shape index (κ1) is 21.3. The maximum Gasteiger partial charge on any atom is 0.414 e.